The van der Waals surface area contributed by atoms with Crippen molar-refractivity contribution in [1.82, 2.24) is 0 Å². The van der Waals surface area contributed by atoms with Gasteiger partial charge in [-0.15, -0.1) is 0 Å². The van der Waals surface area contributed by atoms with Gasteiger partial charge in [-0.25, -0.2) is 0 Å². The van der Waals surface area contributed by atoms with E-state index in [1.807, 2.05) is 0 Å². The summed E-state index contributed by atoms with van der Waals surface area (Å²) in [5.41, 5.74) is 9.63. The molecular formula is C25H29Cl2Zr. The molecule has 3 aliphatic carbocycles. The van der Waals surface area contributed by atoms with Crippen LogP contribution in [0.25, 0.3) is 11.1 Å². The van der Waals surface area contributed by atoms with E-state index in [1.165, 1.54) is 70.6 Å². The molecule has 28 heavy (non-hydrogen) atoms. The number of hydrogen-bond acceptors (Lipinski definition) is 0. The minimum absolute atomic E-state index is 0. The zero-order chi connectivity index (χ0) is 17.5. The first kappa shape index (κ1) is 22.6. The van der Waals surface area contributed by atoms with Crippen LogP contribution in [0.2, 0.25) is 0 Å². The molecule has 0 amide bonds. The Balaban J connectivity index is 0.00000112. The van der Waals surface area contributed by atoms with Crippen molar-refractivity contribution in [2.24, 2.45) is 0 Å². The van der Waals surface area contributed by atoms with Crippen LogP contribution in [0.15, 0.2) is 30.3 Å². The Hall–Kier alpha value is -0.0969. The number of hydrogen-bond donors (Lipinski definition) is 0. The molecule has 0 aromatic heterocycles. The first-order valence-corrected chi connectivity index (χ1v) is 12.0. The fourth-order valence-electron chi connectivity index (χ4n) is 5.68. The Labute approximate surface area is 197 Å². The summed E-state index contributed by atoms with van der Waals surface area (Å²) in [6.07, 6.45) is 15.4. The standard InChI is InChI=1S/C25H29.2ClH.Zr/c1-3-7-18(8-4-1)20-11-13-22-15-23-14-12-21(17-25(23)24(22)16-20)19-9-5-2-6-10-19;;;/h11-13,16-19H,1-10,15H2;2*1H;/q;;;+2/p-2. The number of fused-ring (bicyclic) bond motifs is 3. The second kappa shape index (κ2) is 9.81. The predicted molar refractivity (Wildman–Crippen MR) is 106 cm³/mol. The van der Waals surface area contributed by atoms with Gasteiger partial charge in [0.15, 0.2) is 0 Å². The Bertz CT molecular complexity index is 818. The first-order valence-electron chi connectivity index (χ1n) is 10.8. The third kappa shape index (κ3) is 4.33. The molecule has 0 unspecified atom stereocenters. The predicted octanol–water partition coefficient (Wildman–Crippen LogP) is 0.533. The van der Waals surface area contributed by atoms with Crippen molar-refractivity contribution in [3.63, 3.8) is 0 Å². The van der Waals surface area contributed by atoms with E-state index in [1.54, 1.807) is 61.4 Å². The number of halogens is 2. The van der Waals surface area contributed by atoms with Gasteiger partial charge >= 0.3 is 174 Å². The number of benzene rings is 2. The van der Waals surface area contributed by atoms with Crippen LogP contribution in [-0.2, 0) is 31.1 Å². The molecule has 147 valence electrons. The van der Waals surface area contributed by atoms with E-state index in [9.17, 15) is 0 Å². The average molecular weight is 492 g/mol. The summed E-state index contributed by atoms with van der Waals surface area (Å²) in [5.74, 6) is 1.63. The van der Waals surface area contributed by atoms with E-state index in [0.29, 0.717) is 0 Å². The summed E-state index contributed by atoms with van der Waals surface area (Å²) >= 11 is 1.59. The van der Waals surface area contributed by atoms with E-state index in [2.05, 4.69) is 30.3 Å². The van der Waals surface area contributed by atoms with Gasteiger partial charge in [-0.2, -0.15) is 0 Å². The van der Waals surface area contributed by atoms with Crippen molar-refractivity contribution >= 4 is 3.27 Å². The maximum atomic E-state index is 2.59. The molecule has 5 rings (SSSR count). The molecule has 0 atom stereocenters. The van der Waals surface area contributed by atoms with E-state index in [0.717, 1.165) is 11.8 Å². The quantitative estimate of drug-likeness (QED) is 0.491. The van der Waals surface area contributed by atoms with E-state index >= 15 is 0 Å². The van der Waals surface area contributed by atoms with Gasteiger partial charge in [0.25, 0.3) is 0 Å². The van der Waals surface area contributed by atoms with Crippen LogP contribution in [0.1, 0.15) is 98.3 Å². The summed E-state index contributed by atoms with van der Waals surface area (Å²) in [4.78, 5) is 0. The van der Waals surface area contributed by atoms with Crippen molar-refractivity contribution in [2.45, 2.75) is 82.5 Å². The summed E-state index contributed by atoms with van der Waals surface area (Å²) in [6, 6.07) is 12.6. The Morgan fingerprint density at radius 3 is 1.86 bits per heavy atom. The first-order chi connectivity index (χ1) is 12.8. The summed E-state index contributed by atoms with van der Waals surface area (Å²) < 4.78 is 1.62. The fraction of sp³-hybridized carbons (Fsp3) is 0.520. The topological polar surface area (TPSA) is 0 Å². The molecule has 0 radical (unpaired) electrons. The van der Waals surface area contributed by atoms with Gasteiger partial charge in [0.2, 0.25) is 0 Å². The molecule has 2 fully saturated rings. The monoisotopic (exact) mass is 489 g/mol. The van der Waals surface area contributed by atoms with Gasteiger partial charge in [-0.05, 0) is 0 Å². The van der Waals surface area contributed by atoms with Gasteiger partial charge in [0.05, 0.1) is 0 Å². The van der Waals surface area contributed by atoms with Crippen LogP contribution in [0.3, 0.4) is 0 Å². The SMILES string of the molecule is [Cl-].[Cl-].[Zr+2][c]1cc(C2CCCCC2)cc2c1Cc1ccc(C3CCCCC3)cc1-2. The molecule has 0 heterocycles. The van der Waals surface area contributed by atoms with Gasteiger partial charge < -0.3 is 24.8 Å². The van der Waals surface area contributed by atoms with Gasteiger partial charge in [0.1, 0.15) is 0 Å². The van der Waals surface area contributed by atoms with E-state index in [4.69, 9.17) is 0 Å². The van der Waals surface area contributed by atoms with Crippen LogP contribution in [-0.4, -0.2) is 0 Å². The van der Waals surface area contributed by atoms with Crippen molar-refractivity contribution < 1.29 is 49.5 Å². The number of rotatable bonds is 2. The van der Waals surface area contributed by atoms with Crippen molar-refractivity contribution in [3.05, 3.63) is 52.6 Å². The molecule has 2 aromatic rings. The van der Waals surface area contributed by atoms with Crippen molar-refractivity contribution in [3.8, 4) is 11.1 Å². The second-order valence-corrected chi connectivity index (χ2v) is 10.2. The summed E-state index contributed by atoms with van der Waals surface area (Å²) in [6.45, 7) is 0. The second-order valence-electron chi connectivity index (χ2n) is 8.86. The fourth-order valence-corrected chi connectivity index (χ4v) is 6.63. The molecule has 0 nitrogen and oxygen atoms in total. The molecule has 0 aliphatic heterocycles. The summed E-state index contributed by atoms with van der Waals surface area (Å²) in [5, 5.41) is 0. The Morgan fingerprint density at radius 1 is 0.643 bits per heavy atom. The van der Waals surface area contributed by atoms with E-state index < -0.39 is 0 Å². The van der Waals surface area contributed by atoms with Crippen LogP contribution < -0.4 is 28.1 Å². The van der Waals surface area contributed by atoms with Crippen LogP contribution in [0.5, 0.6) is 0 Å². The molecule has 0 bridgehead atoms. The normalized spacial score (nSPS) is 19.4. The molecule has 2 saturated carbocycles. The molecule has 0 spiro atoms. The van der Waals surface area contributed by atoms with Gasteiger partial charge in [0, 0.05) is 0 Å². The zero-order valence-corrected chi connectivity index (χ0v) is 20.5. The van der Waals surface area contributed by atoms with Crippen LogP contribution >= 0.6 is 0 Å². The van der Waals surface area contributed by atoms with Crippen molar-refractivity contribution in [2.75, 3.05) is 0 Å². The average Bonchev–Trinajstić information content (AvgIpc) is 3.08. The third-order valence-corrected chi connectivity index (χ3v) is 8.31. The minimum atomic E-state index is 0. The third-order valence-electron chi connectivity index (χ3n) is 7.22. The zero-order valence-electron chi connectivity index (χ0n) is 16.6. The molecule has 0 saturated heterocycles. The molecule has 3 heteroatoms. The molecular weight excluding hydrogens is 462 g/mol. The van der Waals surface area contributed by atoms with Crippen LogP contribution in [0.4, 0.5) is 0 Å². The van der Waals surface area contributed by atoms with Gasteiger partial charge in [-0.3, -0.25) is 0 Å². The van der Waals surface area contributed by atoms with Crippen LogP contribution in [0, 0.1) is 0 Å². The summed E-state index contributed by atoms with van der Waals surface area (Å²) in [7, 11) is 0. The molecule has 0 N–H and O–H groups in total. The maximum absolute atomic E-state index is 2.59. The Morgan fingerprint density at radius 2 is 1.21 bits per heavy atom. The Kier molecular flexibility index (Phi) is 7.91. The van der Waals surface area contributed by atoms with Gasteiger partial charge in [-0.1, -0.05) is 0 Å². The van der Waals surface area contributed by atoms with E-state index in [-0.39, 0.29) is 24.8 Å². The molecule has 3 aliphatic rings. The molecule has 2 aromatic carbocycles. The van der Waals surface area contributed by atoms with Crippen molar-refractivity contribution in [1.29, 1.82) is 0 Å².